The Bertz CT molecular complexity index is 634. The molecule has 0 fully saturated rings. The van der Waals surface area contributed by atoms with Crippen LogP contribution in [0.5, 0.6) is 0 Å². The highest BCUT2D eigenvalue weighted by atomic mass is 35.7. The van der Waals surface area contributed by atoms with Crippen molar-refractivity contribution in [3.63, 3.8) is 0 Å². The molecule has 0 N–H and O–H groups in total. The van der Waals surface area contributed by atoms with Crippen LogP contribution in [0.4, 0.5) is 0 Å². The Labute approximate surface area is 102 Å². The van der Waals surface area contributed by atoms with Gasteiger partial charge in [0.05, 0.1) is 6.20 Å². The highest BCUT2D eigenvalue weighted by molar-refractivity contribution is 8.13. The zero-order chi connectivity index (χ0) is 12.1. The van der Waals surface area contributed by atoms with Crippen LogP contribution in [-0.4, -0.2) is 17.8 Å². The topological polar surface area (TPSA) is 51.4 Å². The van der Waals surface area contributed by atoms with Gasteiger partial charge in [-0.15, -0.1) is 11.3 Å². The zero-order valence-electron chi connectivity index (χ0n) is 9.06. The fraction of sp³-hybridized carbons (Fsp3) is 0.444. The van der Waals surface area contributed by atoms with Gasteiger partial charge in [-0.25, -0.2) is 13.4 Å². The molecular weight excluding hydrogens is 268 g/mol. The van der Waals surface area contributed by atoms with Crippen LogP contribution in [0.2, 0.25) is 0 Å². The predicted octanol–water partition coefficient (Wildman–Crippen LogP) is 2.62. The lowest BCUT2D eigenvalue weighted by Crippen LogP contribution is -2.15. The maximum Gasteiger partial charge on any atom is 0.278 e. The fourth-order valence-electron chi connectivity index (χ4n) is 1.47. The number of halogens is 1. The molecule has 0 aliphatic carbocycles. The number of rotatable bonds is 1. The van der Waals surface area contributed by atoms with E-state index in [1.807, 2.05) is 26.2 Å². The number of imidazole rings is 1. The van der Waals surface area contributed by atoms with Crippen molar-refractivity contribution < 1.29 is 8.42 Å². The Morgan fingerprint density at radius 1 is 1.44 bits per heavy atom. The van der Waals surface area contributed by atoms with E-state index < -0.39 is 9.05 Å². The minimum atomic E-state index is -3.76. The van der Waals surface area contributed by atoms with Crippen molar-refractivity contribution >= 4 is 36.0 Å². The smallest absolute Gasteiger partial charge is 0.276 e. The van der Waals surface area contributed by atoms with Crippen LogP contribution in [-0.2, 0) is 14.5 Å². The van der Waals surface area contributed by atoms with Gasteiger partial charge in [0.25, 0.3) is 9.05 Å². The average molecular weight is 279 g/mol. The van der Waals surface area contributed by atoms with Crippen molar-refractivity contribution in [2.24, 2.45) is 0 Å². The van der Waals surface area contributed by atoms with E-state index >= 15 is 0 Å². The summed E-state index contributed by atoms with van der Waals surface area (Å²) in [6.07, 6.45) is 1.30. The quantitative estimate of drug-likeness (QED) is 0.754. The van der Waals surface area contributed by atoms with E-state index in [1.165, 1.54) is 17.5 Å². The SMILES string of the molecule is CC(C)(C)c1csc2ncc(S(=O)(=O)Cl)n12. The Kier molecular flexibility index (Phi) is 2.56. The number of aromatic nitrogens is 2. The second-order valence-corrected chi connectivity index (χ2v) is 7.87. The Morgan fingerprint density at radius 2 is 2.06 bits per heavy atom. The van der Waals surface area contributed by atoms with Crippen molar-refractivity contribution in [3.05, 3.63) is 17.3 Å². The normalized spacial score (nSPS) is 13.5. The first kappa shape index (κ1) is 11.9. The van der Waals surface area contributed by atoms with Gasteiger partial charge in [-0.2, -0.15) is 0 Å². The van der Waals surface area contributed by atoms with Gasteiger partial charge >= 0.3 is 0 Å². The van der Waals surface area contributed by atoms with E-state index in [-0.39, 0.29) is 10.4 Å². The lowest BCUT2D eigenvalue weighted by Gasteiger charge is -2.17. The van der Waals surface area contributed by atoms with Crippen molar-refractivity contribution in [3.8, 4) is 0 Å². The van der Waals surface area contributed by atoms with Crippen molar-refractivity contribution in [1.82, 2.24) is 9.38 Å². The maximum atomic E-state index is 11.4. The number of fused-ring (bicyclic) bond motifs is 1. The van der Waals surface area contributed by atoms with E-state index in [0.717, 1.165) is 5.69 Å². The molecule has 0 aromatic carbocycles. The summed E-state index contributed by atoms with van der Waals surface area (Å²) in [6, 6.07) is 0. The Balaban J connectivity index is 2.85. The molecule has 16 heavy (non-hydrogen) atoms. The molecule has 0 aliphatic rings. The molecule has 2 heterocycles. The molecule has 7 heteroatoms. The first-order valence-corrected chi connectivity index (χ1v) is 7.80. The highest BCUT2D eigenvalue weighted by Gasteiger charge is 2.25. The summed E-state index contributed by atoms with van der Waals surface area (Å²) in [4.78, 5) is 4.68. The molecule has 0 bridgehead atoms. The van der Waals surface area contributed by atoms with Crippen LogP contribution >= 0.6 is 22.0 Å². The fourth-order valence-corrected chi connectivity index (χ4v) is 3.53. The third-order valence-corrected chi connectivity index (χ3v) is 4.33. The summed E-state index contributed by atoms with van der Waals surface area (Å²) < 4.78 is 24.4. The van der Waals surface area contributed by atoms with Gasteiger partial charge in [0, 0.05) is 27.2 Å². The molecule has 0 unspecified atom stereocenters. The third-order valence-electron chi connectivity index (χ3n) is 2.23. The van der Waals surface area contributed by atoms with E-state index in [1.54, 1.807) is 4.40 Å². The predicted molar refractivity (Wildman–Crippen MR) is 64.8 cm³/mol. The number of hydrogen-bond acceptors (Lipinski definition) is 4. The molecule has 0 radical (unpaired) electrons. The Morgan fingerprint density at radius 3 is 2.56 bits per heavy atom. The summed E-state index contributed by atoms with van der Waals surface area (Å²) in [5.41, 5.74) is 0.735. The first-order chi connectivity index (χ1) is 7.21. The summed E-state index contributed by atoms with van der Waals surface area (Å²) in [5.74, 6) is 0. The highest BCUT2D eigenvalue weighted by Crippen LogP contribution is 2.30. The van der Waals surface area contributed by atoms with E-state index in [0.29, 0.717) is 4.96 Å². The summed E-state index contributed by atoms with van der Waals surface area (Å²) in [5, 5.41) is 1.95. The second-order valence-electron chi connectivity index (χ2n) is 4.52. The van der Waals surface area contributed by atoms with Gasteiger partial charge < -0.3 is 0 Å². The zero-order valence-corrected chi connectivity index (χ0v) is 11.4. The van der Waals surface area contributed by atoms with E-state index in [9.17, 15) is 8.42 Å². The van der Waals surface area contributed by atoms with Gasteiger partial charge in [-0.3, -0.25) is 4.40 Å². The molecule has 0 aliphatic heterocycles. The number of hydrogen-bond donors (Lipinski definition) is 0. The lowest BCUT2D eigenvalue weighted by molar-refractivity contribution is 0.553. The average Bonchev–Trinajstić information content (AvgIpc) is 2.54. The molecule has 4 nitrogen and oxygen atoms in total. The number of thiazole rings is 1. The van der Waals surface area contributed by atoms with Crippen molar-refractivity contribution in [2.75, 3.05) is 0 Å². The molecule has 2 aromatic rings. The van der Waals surface area contributed by atoms with Gasteiger partial charge in [0.1, 0.15) is 0 Å². The molecule has 0 amide bonds. The summed E-state index contributed by atoms with van der Waals surface area (Å²) in [7, 11) is 1.61. The van der Waals surface area contributed by atoms with Crippen molar-refractivity contribution in [2.45, 2.75) is 31.2 Å². The van der Waals surface area contributed by atoms with Crippen LogP contribution in [0.15, 0.2) is 16.6 Å². The third kappa shape index (κ3) is 1.85. The lowest BCUT2D eigenvalue weighted by atomic mass is 9.93. The van der Waals surface area contributed by atoms with Crippen LogP contribution < -0.4 is 0 Å². The second kappa shape index (κ2) is 3.45. The van der Waals surface area contributed by atoms with Crippen molar-refractivity contribution in [1.29, 1.82) is 0 Å². The van der Waals surface area contributed by atoms with E-state index in [2.05, 4.69) is 4.98 Å². The van der Waals surface area contributed by atoms with E-state index in [4.69, 9.17) is 10.7 Å². The molecule has 0 atom stereocenters. The van der Waals surface area contributed by atoms with Crippen LogP contribution in [0.1, 0.15) is 26.5 Å². The molecule has 0 saturated heterocycles. The van der Waals surface area contributed by atoms with Crippen LogP contribution in [0.3, 0.4) is 0 Å². The molecule has 88 valence electrons. The molecule has 2 aromatic heterocycles. The number of nitrogens with zero attached hydrogens (tertiary/aromatic N) is 2. The maximum absolute atomic E-state index is 11.4. The Hall–Kier alpha value is -0.590. The standard InChI is InChI=1S/C9H11ClN2O2S2/c1-9(2,3)6-5-15-8-11-4-7(12(6)8)16(10,13)14/h4-5H,1-3H3. The molecular formula is C9H11ClN2O2S2. The summed E-state index contributed by atoms with van der Waals surface area (Å²) >= 11 is 1.41. The van der Waals surface area contributed by atoms with Gasteiger partial charge in [0.15, 0.2) is 9.99 Å². The minimum absolute atomic E-state index is 0.0374. The van der Waals surface area contributed by atoms with Gasteiger partial charge in [-0.05, 0) is 0 Å². The molecule has 2 rings (SSSR count). The molecule has 0 spiro atoms. The van der Waals surface area contributed by atoms with Crippen LogP contribution in [0, 0.1) is 0 Å². The van der Waals surface area contributed by atoms with Gasteiger partial charge in [-0.1, -0.05) is 20.8 Å². The molecule has 0 saturated carbocycles. The first-order valence-electron chi connectivity index (χ1n) is 4.61. The van der Waals surface area contributed by atoms with Crippen LogP contribution in [0.25, 0.3) is 4.96 Å². The minimum Gasteiger partial charge on any atom is -0.276 e. The van der Waals surface area contributed by atoms with Gasteiger partial charge in [0.2, 0.25) is 0 Å². The largest absolute Gasteiger partial charge is 0.278 e. The monoisotopic (exact) mass is 278 g/mol. The summed E-state index contributed by atoms with van der Waals surface area (Å²) in [6.45, 7) is 6.04.